The Bertz CT molecular complexity index is 1620. The molecule has 43 heavy (non-hydrogen) atoms. The lowest BCUT2D eigenvalue weighted by molar-refractivity contribution is -0.115. The molecule has 2 heterocycles. The molecule has 1 aliphatic rings. The number of hydrogen-bond acceptors (Lipinski definition) is 8. The molecule has 1 atom stereocenters. The minimum absolute atomic E-state index is 0.0714. The van der Waals surface area contributed by atoms with Gasteiger partial charge in [0.15, 0.2) is 11.0 Å². The van der Waals surface area contributed by atoms with Crippen LogP contribution in [0, 0.1) is 5.82 Å². The molecular weight excluding hydrogens is 590 g/mol. The zero-order valence-corrected chi connectivity index (χ0v) is 25.5. The second-order valence-electron chi connectivity index (χ2n) is 10.0. The van der Waals surface area contributed by atoms with Crippen LogP contribution < -0.4 is 10.6 Å². The number of fused-ring (bicyclic) bond motifs is 1. The van der Waals surface area contributed by atoms with E-state index in [-0.39, 0.29) is 24.6 Å². The van der Waals surface area contributed by atoms with E-state index in [0.29, 0.717) is 34.5 Å². The van der Waals surface area contributed by atoms with Crippen LogP contribution in [0.1, 0.15) is 62.8 Å². The maximum absolute atomic E-state index is 13.6. The fourth-order valence-electron chi connectivity index (χ4n) is 4.87. The van der Waals surface area contributed by atoms with Crippen molar-refractivity contribution in [2.75, 3.05) is 11.9 Å². The van der Waals surface area contributed by atoms with Gasteiger partial charge < -0.3 is 19.9 Å². The first kappa shape index (κ1) is 30.4. The topological polar surface area (TPSA) is 115 Å². The summed E-state index contributed by atoms with van der Waals surface area (Å²) in [6, 6.07) is 15.4. The van der Waals surface area contributed by atoms with Gasteiger partial charge in [0.2, 0.25) is 5.91 Å². The zero-order chi connectivity index (χ0) is 30.3. The van der Waals surface area contributed by atoms with Gasteiger partial charge in [0, 0.05) is 17.0 Å². The number of hydrogen-bond donors (Lipinski definition) is 2. The molecule has 0 spiro atoms. The van der Waals surface area contributed by atoms with Crippen molar-refractivity contribution in [3.8, 4) is 0 Å². The first-order valence-corrected chi connectivity index (χ1v) is 15.8. The van der Waals surface area contributed by atoms with E-state index in [1.54, 1.807) is 13.8 Å². The van der Waals surface area contributed by atoms with E-state index in [1.807, 2.05) is 34.9 Å². The summed E-state index contributed by atoms with van der Waals surface area (Å²) >= 11 is 2.68. The average molecular weight is 622 g/mol. The van der Waals surface area contributed by atoms with Crippen LogP contribution >= 0.6 is 23.1 Å². The number of ether oxygens (including phenoxy) is 1. The van der Waals surface area contributed by atoms with Gasteiger partial charge in [-0.15, -0.1) is 21.5 Å². The predicted molar refractivity (Wildman–Crippen MR) is 164 cm³/mol. The van der Waals surface area contributed by atoms with Gasteiger partial charge in [0.25, 0.3) is 5.91 Å². The number of aromatic nitrogens is 3. The van der Waals surface area contributed by atoms with Crippen molar-refractivity contribution in [3.63, 3.8) is 0 Å². The van der Waals surface area contributed by atoms with Crippen LogP contribution in [-0.4, -0.2) is 44.4 Å². The highest BCUT2D eigenvalue weighted by Crippen LogP contribution is 2.40. The number of aryl methyl sites for hydroxylation is 2. The summed E-state index contributed by atoms with van der Waals surface area (Å²) in [6.45, 7) is 4.38. The van der Waals surface area contributed by atoms with Crippen molar-refractivity contribution < 1.29 is 23.5 Å². The number of thiophene rings is 1. The number of nitrogens with one attached hydrogen (secondary N) is 2. The maximum Gasteiger partial charge on any atom is 0.341 e. The molecule has 0 saturated carbocycles. The van der Waals surface area contributed by atoms with E-state index in [1.165, 1.54) is 47.4 Å². The molecule has 2 aromatic heterocycles. The van der Waals surface area contributed by atoms with Crippen LogP contribution in [0.2, 0.25) is 0 Å². The van der Waals surface area contributed by atoms with Crippen molar-refractivity contribution in [1.29, 1.82) is 0 Å². The quantitative estimate of drug-likeness (QED) is 0.160. The number of thioether (sulfide) groups is 1. The molecule has 0 saturated heterocycles. The van der Waals surface area contributed by atoms with Gasteiger partial charge >= 0.3 is 5.97 Å². The molecule has 12 heteroatoms. The summed E-state index contributed by atoms with van der Waals surface area (Å²) in [4.78, 5) is 39.9. The highest BCUT2D eigenvalue weighted by molar-refractivity contribution is 8.00. The van der Waals surface area contributed by atoms with Crippen LogP contribution in [0.25, 0.3) is 0 Å². The van der Waals surface area contributed by atoms with Crippen molar-refractivity contribution in [3.05, 3.63) is 93.4 Å². The number of nitrogens with zero attached hydrogens (tertiary/aromatic N) is 3. The Hall–Kier alpha value is -4.03. The molecule has 224 valence electrons. The Morgan fingerprint density at radius 2 is 1.93 bits per heavy atom. The molecule has 5 rings (SSSR count). The molecule has 1 aliphatic carbocycles. The van der Waals surface area contributed by atoms with Crippen molar-refractivity contribution in [2.24, 2.45) is 0 Å². The van der Waals surface area contributed by atoms with E-state index in [2.05, 4.69) is 20.8 Å². The fourth-order valence-corrected chi connectivity index (χ4v) is 7.05. The molecule has 0 bridgehead atoms. The number of benzene rings is 2. The van der Waals surface area contributed by atoms with Crippen LogP contribution in [0.5, 0.6) is 0 Å². The molecule has 0 radical (unpaired) electrons. The normalized spacial score (nSPS) is 12.9. The third-order valence-corrected chi connectivity index (χ3v) is 9.33. The zero-order valence-electron chi connectivity index (χ0n) is 23.9. The molecular formula is C31H32FN5O4S2. The van der Waals surface area contributed by atoms with Crippen LogP contribution in [0.3, 0.4) is 0 Å². The Kier molecular flexibility index (Phi) is 9.88. The predicted octanol–water partition coefficient (Wildman–Crippen LogP) is 5.44. The largest absolute Gasteiger partial charge is 0.462 e. The molecule has 0 fully saturated rings. The van der Waals surface area contributed by atoms with Gasteiger partial charge in [-0.05, 0) is 68.9 Å². The molecule has 2 aromatic carbocycles. The van der Waals surface area contributed by atoms with Gasteiger partial charge in [-0.1, -0.05) is 48.2 Å². The number of halogens is 1. The number of rotatable bonds is 12. The van der Waals surface area contributed by atoms with Gasteiger partial charge in [-0.25, -0.2) is 9.18 Å². The number of carbonyl (C=O) groups is 3. The Morgan fingerprint density at radius 3 is 2.70 bits per heavy atom. The fraction of sp³-hybridized carbons (Fsp3) is 0.323. The minimum atomic E-state index is -0.568. The number of esters is 1. The third kappa shape index (κ3) is 7.31. The van der Waals surface area contributed by atoms with Gasteiger partial charge in [-0.2, -0.15) is 0 Å². The highest BCUT2D eigenvalue weighted by atomic mass is 32.2. The second-order valence-corrected chi connectivity index (χ2v) is 12.4. The van der Waals surface area contributed by atoms with E-state index in [4.69, 9.17) is 4.74 Å². The average Bonchev–Trinajstić information content (AvgIpc) is 3.70. The lowest BCUT2D eigenvalue weighted by Gasteiger charge is -2.14. The lowest BCUT2D eigenvalue weighted by atomic mass is 10.1. The monoisotopic (exact) mass is 621 g/mol. The molecule has 4 aromatic rings. The van der Waals surface area contributed by atoms with Crippen LogP contribution in [0.4, 0.5) is 9.39 Å². The van der Waals surface area contributed by atoms with Crippen molar-refractivity contribution in [2.45, 2.75) is 63.0 Å². The SMILES string of the molecule is CCOC(=O)c1c(NC(=O)C(C)Sc2nnc(CNC(=O)c3cccc(F)c3)n2CCc2ccccc2)sc2c1CCC2. The maximum atomic E-state index is 13.6. The van der Waals surface area contributed by atoms with Gasteiger partial charge in [-0.3, -0.25) is 9.59 Å². The summed E-state index contributed by atoms with van der Waals surface area (Å²) in [5.74, 6) is -1.10. The van der Waals surface area contributed by atoms with Gasteiger partial charge in [0.1, 0.15) is 10.8 Å². The highest BCUT2D eigenvalue weighted by Gasteiger charge is 2.30. The molecule has 9 nitrogen and oxygen atoms in total. The van der Waals surface area contributed by atoms with E-state index in [0.717, 1.165) is 35.3 Å². The Labute approximate surface area is 257 Å². The van der Waals surface area contributed by atoms with E-state index in [9.17, 15) is 18.8 Å². The van der Waals surface area contributed by atoms with Crippen molar-refractivity contribution >= 4 is 45.9 Å². The molecule has 1 unspecified atom stereocenters. The number of carbonyl (C=O) groups excluding carboxylic acids is 3. The molecule has 0 aliphatic heterocycles. The Morgan fingerprint density at radius 1 is 1.12 bits per heavy atom. The van der Waals surface area contributed by atoms with E-state index < -0.39 is 22.9 Å². The summed E-state index contributed by atoms with van der Waals surface area (Å²) in [6.07, 6.45) is 3.35. The lowest BCUT2D eigenvalue weighted by Crippen LogP contribution is -2.26. The van der Waals surface area contributed by atoms with Gasteiger partial charge in [0.05, 0.1) is 24.0 Å². The summed E-state index contributed by atoms with van der Waals surface area (Å²) in [7, 11) is 0. The summed E-state index contributed by atoms with van der Waals surface area (Å²) in [5, 5.41) is 14.9. The minimum Gasteiger partial charge on any atom is -0.462 e. The third-order valence-electron chi connectivity index (χ3n) is 7.04. The first-order valence-electron chi connectivity index (χ1n) is 14.1. The Balaban J connectivity index is 1.31. The number of anilines is 1. The van der Waals surface area contributed by atoms with Crippen LogP contribution in [-0.2, 0) is 41.9 Å². The first-order chi connectivity index (χ1) is 20.8. The van der Waals surface area contributed by atoms with Crippen LogP contribution in [0.15, 0.2) is 59.8 Å². The smallest absolute Gasteiger partial charge is 0.341 e. The van der Waals surface area contributed by atoms with E-state index >= 15 is 0 Å². The number of amides is 2. The molecule has 2 N–H and O–H groups in total. The second kappa shape index (κ2) is 14.0. The van der Waals surface area contributed by atoms with Crippen molar-refractivity contribution in [1.82, 2.24) is 20.1 Å². The standard InChI is InChI=1S/C31H32FN5O4S2/c1-3-41-30(40)26-23-13-8-14-24(23)43-29(26)34-27(38)19(2)42-31-36-35-25(37(31)16-15-20-9-5-4-6-10-20)18-33-28(39)21-11-7-12-22(32)17-21/h4-7,9-12,17,19H,3,8,13-16,18H2,1-2H3,(H,33,39)(H,34,38). The summed E-state index contributed by atoms with van der Waals surface area (Å²) < 4.78 is 20.8. The summed E-state index contributed by atoms with van der Waals surface area (Å²) in [5.41, 5.74) is 2.76. The molecule has 2 amide bonds.